The Hall–Kier alpha value is -6.09. The zero-order valence-electron chi connectivity index (χ0n) is 52.8. The van der Waals surface area contributed by atoms with Gasteiger partial charge in [0.1, 0.15) is 48.3 Å². The molecule has 0 aromatic heterocycles. The minimum atomic E-state index is -1.21. The lowest BCUT2D eigenvalue weighted by Crippen LogP contribution is -2.60. The number of amides is 11. The molecule has 0 fully saturated rings. The summed E-state index contributed by atoms with van der Waals surface area (Å²) in [7, 11) is 10.3. The molecule has 0 aliphatic carbocycles. The average molecular weight is 1130 g/mol. The smallest absolute Gasteiger partial charge is 0.245 e. The van der Waals surface area contributed by atoms with Gasteiger partial charge in [-0.05, 0) is 101 Å². The van der Waals surface area contributed by atoms with Crippen LogP contribution in [0.2, 0.25) is 0 Å². The molecule has 0 aliphatic rings. The topological polar surface area (TPSA) is 273 Å². The SMILES string of the molecule is C/C=C/C[C@@H](C)CC[C@@H](C(N)=O)N(C)C(=O)CN(C)C(=O)[C@H](CC(C)C)N(C)C(=O)[C@H](CC(C)C)N(C)C(=O)[C@@H](C)NC(=O)[C@H](C)NC(=O)[C@H](CC(C)C)N(C)C(=O)C(NC(=O)[C@H](CC(C)C)N(C)C(=O)CN(C)C(C)=O)C(C)C. The van der Waals surface area contributed by atoms with Gasteiger partial charge in [-0.1, -0.05) is 88.3 Å². The Labute approximate surface area is 479 Å². The minimum absolute atomic E-state index is 0.0240. The fourth-order valence-electron chi connectivity index (χ4n) is 9.15. The number of nitrogens with zero attached hydrogens (tertiary/aromatic N) is 7. The number of hydrogen-bond donors (Lipinski definition) is 4. The van der Waals surface area contributed by atoms with Crippen LogP contribution in [0.1, 0.15) is 149 Å². The van der Waals surface area contributed by atoms with Gasteiger partial charge in [-0.25, -0.2) is 0 Å². The van der Waals surface area contributed by atoms with Gasteiger partial charge in [-0.2, -0.15) is 0 Å². The van der Waals surface area contributed by atoms with Gasteiger partial charge < -0.3 is 56.0 Å². The highest BCUT2D eigenvalue weighted by Crippen LogP contribution is 2.22. The van der Waals surface area contributed by atoms with Gasteiger partial charge in [0.25, 0.3) is 0 Å². The summed E-state index contributed by atoms with van der Waals surface area (Å²) >= 11 is 0. The fourth-order valence-corrected chi connectivity index (χ4v) is 9.15. The summed E-state index contributed by atoms with van der Waals surface area (Å²) < 4.78 is 0. The molecule has 22 heteroatoms. The van der Waals surface area contributed by atoms with Crippen LogP contribution in [0.25, 0.3) is 0 Å². The highest BCUT2D eigenvalue weighted by Gasteiger charge is 2.41. The van der Waals surface area contributed by atoms with Crippen molar-refractivity contribution in [1.82, 2.24) is 50.2 Å². The Morgan fingerprint density at radius 3 is 1.26 bits per heavy atom. The molecule has 0 saturated carbocycles. The minimum Gasteiger partial charge on any atom is -0.368 e. The fraction of sp³-hybridized carbons (Fsp3) is 0.776. The lowest BCUT2D eigenvalue weighted by Gasteiger charge is -2.38. The Morgan fingerprint density at radius 1 is 0.438 bits per heavy atom. The zero-order chi connectivity index (χ0) is 62.4. The Bertz CT molecular complexity index is 2130. The molecule has 11 amide bonds. The van der Waals surface area contributed by atoms with Gasteiger partial charge in [0, 0.05) is 56.3 Å². The van der Waals surface area contributed by atoms with E-state index in [0.29, 0.717) is 12.8 Å². The summed E-state index contributed by atoms with van der Waals surface area (Å²) in [5.41, 5.74) is 5.74. The van der Waals surface area contributed by atoms with Gasteiger partial charge in [0.05, 0.1) is 13.1 Å². The van der Waals surface area contributed by atoms with Crippen molar-refractivity contribution in [2.24, 2.45) is 41.2 Å². The van der Waals surface area contributed by atoms with Crippen LogP contribution in [0.3, 0.4) is 0 Å². The predicted octanol–water partition coefficient (Wildman–Crippen LogP) is 3.26. The molecule has 22 nitrogen and oxygen atoms in total. The lowest BCUT2D eigenvalue weighted by molar-refractivity contribution is -0.152. The summed E-state index contributed by atoms with van der Waals surface area (Å²) in [4.78, 5) is 159. The number of hydrogen-bond acceptors (Lipinski definition) is 11. The van der Waals surface area contributed by atoms with Gasteiger partial charge in [0.15, 0.2) is 0 Å². The highest BCUT2D eigenvalue weighted by atomic mass is 16.2. The van der Waals surface area contributed by atoms with Gasteiger partial charge >= 0.3 is 0 Å². The average Bonchev–Trinajstić information content (AvgIpc) is 3.36. The molecule has 80 heavy (non-hydrogen) atoms. The van der Waals surface area contributed by atoms with Gasteiger partial charge in [0.2, 0.25) is 65.0 Å². The van der Waals surface area contributed by atoms with E-state index in [4.69, 9.17) is 5.73 Å². The van der Waals surface area contributed by atoms with Gasteiger partial charge in [-0.15, -0.1) is 0 Å². The quantitative estimate of drug-likeness (QED) is 0.0680. The summed E-state index contributed by atoms with van der Waals surface area (Å²) in [6.07, 6.45) is 6.67. The van der Waals surface area contributed by atoms with Gasteiger partial charge in [-0.3, -0.25) is 52.7 Å². The first-order valence-electron chi connectivity index (χ1n) is 28.4. The van der Waals surface area contributed by atoms with Crippen molar-refractivity contribution in [3.05, 3.63) is 12.2 Å². The van der Waals surface area contributed by atoms with Crippen LogP contribution in [-0.2, 0) is 52.7 Å². The van der Waals surface area contributed by atoms with E-state index in [2.05, 4.69) is 16.0 Å². The highest BCUT2D eigenvalue weighted by molar-refractivity contribution is 5.98. The Balaban J connectivity index is 6.44. The third-order valence-electron chi connectivity index (χ3n) is 14.5. The number of allylic oxidation sites excluding steroid dienone is 2. The monoisotopic (exact) mass is 1130 g/mol. The first-order chi connectivity index (χ1) is 36.8. The molecule has 0 aromatic rings. The summed E-state index contributed by atoms with van der Waals surface area (Å²) in [6, 6.07) is -8.59. The molecule has 0 saturated heterocycles. The number of likely N-dealkylation sites (N-methyl/N-ethyl adjacent to an activating group) is 7. The number of carbonyl (C=O) groups is 11. The molecule has 0 radical (unpaired) electrons. The molecule has 0 aromatic carbocycles. The largest absolute Gasteiger partial charge is 0.368 e. The van der Waals surface area contributed by atoms with Crippen molar-refractivity contribution in [3.63, 3.8) is 0 Å². The van der Waals surface area contributed by atoms with E-state index in [1.807, 2.05) is 81.4 Å². The normalized spacial score (nSPS) is 15.0. The third-order valence-corrected chi connectivity index (χ3v) is 14.5. The summed E-state index contributed by atoms with van der Waals surface area (Å²) in [5, 5.41) is 8.19. The van der Waals surface area contributed by atoms with Crippen LogP contribution in [0.15, 0.2) is 12.2 Å². The van der Waals surface area contributed by atoms with Crippen molar-refractivity contribution in [2.45, 2.75) is 197 Å². The molecule has 1 unspecified atom stereocenters. The number of nitrogens with one attached hydrogen (secondary N) is 3. The molecule has 0 heterocycles. The van der Waals surface area contributed by atoms with Crippen LogP contribution >= 0.6 is 0 Å². The molecular weight excluding hydrogens is 1030 g/mol. The molecule has 0 aliphatic heterocycles. The van der Waals surface area contributed by atoms with E-state index in [1.54, 1.807) is 13.8 Å². The second-order valence-electron chi connectivity index (χ2n) is 24.1. The number of carbonyl (C=O) groups excluding carboxylic acids is 11. The maximum absolute atomic E-state index is 14.6. The van der Waals surface area contributed by atoms with E-state index < -0.39 is 113 Å². The van der Waals surface area contributed by atoms with E-state index >= 15 is 0 Å². The first kappa shape index (κ1) is 73.9. The summed E-state index contributed by atoms with van der Waals surface area (Å²) in [6.45, 7) is 26.1. The standard InChI is InChI=1S/C58H105N11O11/c1-23-24-25-39(12)26-27-43(51(59)73)65(18)49(72)33-64(17)56(78)46(30-36(6)7)69(22)57(79)47(31-37(8)9)68(21)55(77)41(14)61-52(74)40(13)60-53(75)45(29-35(4)5)67(20)58(80)50(38(10)11)62-54(76)44(28-34(2)3)66(19)48(71)32-63(16)42(15)70/h23-24,34-41,43-47,50H,25-33H2,1-22H3,(H2,59,73)(H,60,75)(H,61,74)(H,62,76)/b24-23+/t39-,40+,41-,43+,44+,45+,46+,47+,50?/m1/s1. The third kappa shape index (κ3) is 23.9. The maximum Gasteiger partial charge on any atom is 0.245 e. The lowest BCUT2D eigenvalue weighted by atomic mass is 9.97. The second kappa shape index (κ2) is 34.9. The van der Waals surface area contributed by atoms with Crippen LogP contribution in [0, 0.1) is 35.5 Å². The van der Waals surface area contributed by atoms with Crippen LogP contribution in [0.5, 0.6) is 0 Å². The van der Waals surface area contributed by atoms with E-state index in [9.17, 15) is 52.7 Å². The van der Waals surface area contributed by atoms with Crippen molar-refractivity contribution in [2.75, 3.05) is 62.4 Å². The molecule has 458 valence electrons. The van der Waals surface area contributed by atoms with E-state index in [0.717, 1.165) is 6.42 Å². The molecule has 5 N–H and O–H groups in total. The predicted molar refractivity (Wildman–Crippen MR) is 311 cm³/mol. The first-order valence-corrected chi connectivity index (χ1v) is 28.4. The van der Waals surface area contributed by atoms with Crippen molar-refractivity contribution < 1.29 is 52.7 Å². The Kier molecular flexibility index (Phi) is 32.3. The van der Waals surface area contributed by atoms with E-state index in [1.165, 1.54) is 104 Å². The number of primary amides is 1. The number of rotatable bonds is 34. The number of nitrogens with two attached hydrogens (primary N) is 1. The molecule has 0 rings (SSSR count). The molecule has 9 atom stereocenters. The van der Waals surface area contributed by atoms with Crippen LogP contribution in [0.4, 0.5) is 0 Å². The second-order valence-corrected chi connectivity index (χ2v) is 24.1. The molecule has 0 spiro atoms. The van der Waals surface area contributed by atoms with Crippen molar-refractivity contribution in [1.29, 1.82) is 0 Å². The molecular formula is C58H105N11O11. The van der Waals surface area contributed by atoms with E-state index in [-0.39, 0.29) is 74.3 Å². The van der Waals surface area contributed by atoms with Crippen LogP contribution in [-0.4, -0.2) is 210 Å². The summed E-state index contributed by atoms with van der Waals surface area (Å²) in [5.74, 6) is -6.66. The van der Waals surface area contributed by atoms with Crippen molar-refractivity contribution >= 4 is 65.0 Å². The van der Waals surface area contributed by atoms with Crippen LogP contribution < -0.4 is 21.7 Å². The van der Waals surface area contributed by atoms with Crippen molar-refractivity contribution in [3.8, 4) is 0 Å². The Morgan fingerprint density at radius 2 is 0.825 bits per heavy atom. The maximum atomic E-state index is 14.6. The zero-order valence-corrected chi connectivity index (χ0v) is 52.8. The molecule has 0 bridgehead atoms.